The van der Waals surface area contributed by atoms with Crippen LogP contribution in [0, 0.1) is 0 Å². The van der Waals surface area contributed by atoms with E-state index in [0.29, 0.717) is 15.5 Å². The third-order valence-corrected chi connectivity index (χ3v) is 9.25. The van der Waals surface area contributed by atoms with Gasteiger partial charge in [-0.3, -0.25) is 24.2 Å². The number of nitrogens with one attached hydrogen (secondary N) is 3. The second kappa shape index (κ2) is 12.8. The molecule has 1 fully saturated rings. The fraction of sp³-hybridized carbons (Fsp3) is 0.222. The highest BCUT2D eigenvalue weighted by molar-refractivity contribution is 8.01. The van der Waals surface area contributed by atoms with Gasteiger partial charge in [0, 0.05) is 24.1 Å². The number of hydrogen-bond donors (Lipinski definition) is 7. The van der Waals surface area contributed by atoms with Gasteiger partial charge in [0.05, 0.1) is 6.20 Å². The van der Waals surface area contributed by atoms with Gasteiger partial charge in [0.15, 0.2) is 11.5 Å². The number of carboxylic acids is 1. The smallest absolute Gasteiger partial charge is 0.352 e. The van der Waals surface area contributed by atoms with E-state index in [1.54, 1.807) is 0 Å². The zero-order valence-electron chi connectivity index (χ0n) is 23.2. The summed E-state index contributed by atoms with van der Waals surface area (Å²) < 4.78 is 0. The zero-order chi connectivity index (χ0) is 32.4. The Morgan fingerprint density at radius 2 is 1.87 bits per heavy atom. The third kappa shape index (κ3) is 6.36. The molecule has 5 amide bonds. The van der Waals surface area contributed by atoms with Crippen molar-refractivity contribution >= 4 is 53.2 Å². The van der Waals surface area contributed by atoms with E-state index in [4.69, 9.17) is 0 Å². The second-order valence-electron chi connectivity index (χ2n) is 9.79. The van der Waals surface area contributed by atoms with Crippen LogP contribution in [0.1, 0.15) is 22.0 Å². The first-order valence-electron chi connectivity index (χ1n) is 13.0. The van der Waals surface area contributed by atoms with Crippen LogP contribution in [0.3, 0.4) is 0 Å². The minimum Gasteiger partial charge on any atom is -0.508 e. The summed E-state index contributed by atoms with van der Waals surface area (Å²) in [4.78, 5) is 66.7. The lowest BCUT2D eigenvalue weighted by Crippen LogP contribution is -2.71. The molecule has 3 heterocycles. The van der Waals surface area contributed by atoms with Crippen molar-refractivity contribution < 1.29 is 44.4 Å². The number of fused-ring (bicyclic) bond motifs is 1. The van der Waals surface area contributed by atoms with Crippen LogP contribution in [0.25, 0.3) is 0 Å². The molecule has 1 aromatic heterocycles. The number of aromatic nitrogens is 3. The molecule has 2 aliphatic heterocycles. The van der Waals surface area contributed by atoms with Crippen molar-refractivity contribution in [1.82, 2.24) is 35.8 Å². The summed E-state index contributed by atoms with van der Waals surface area (Å²) in [6, 6.07) is 4.98. The van der Waals surface area contributed by atoms with Crippen LogP contribution >= 0.6 is 23.5 Å². The Hall–Kier alpha value is -5.23. The van der Waals surface area contributed by atoms with Gasteiger partial charge in [0.2, 0.25) is 5.91 Å². The number of carboxylic acid groups (broad SMARTS) is 1. The summed E-state index contributed by atoms with van der Waals surface area (Å²) in [5.41, 5.74) is 0.414. The normalized spacial score (nSPS) is 18.0. The molecule has 0 radical (unpaired) electrons. The van der Waals surface area contributed by atoms with E-state index in [2.05, 4.69) is 26.0 Å². The molecule has 2 aliphatic rings. The van der Waals surface area contributed by atoms with Crippen molar-refractivity contribution in [2.45, 2.75) is 22.5 Å². The molecule has 7 N–H and O–H groups in total. The maximum absolute atomic E-state index is 13.6. The van der Waals surface area contributed by atoms with Crippen molar-refractivity contribution in [2.24, 2.45) is 0 Å². The Morgan fingerprint density at radius 3 is 2.51 bits per heavy atom. The summed E-state index contributed by atoms with van der Waals surface area (Å²) >= 11 is 2.52. The first-order valence-corrected chi connectivity index (χ1v) is 15.1. The third-order valence-electron chi connectivity index (χ3n) is 6.92. The van der Waals surface area contributed by atoms with Crippen LogP contribution in [0.15, 0.2) is 65.0 Å². The predicted octanol–water partition coefficient (Wildman–Crippen LogP) is 0.975. The molecule has 3 aromatic rings. The van der Waals surface area contributed by atoms with Crippen molar-refractivity contribution in [1.29, 1.82) is 0 Å². The Bertz CT molecular complexity index is 1700. The van der Waals surface area contributed by atoms with Crippen LogP contribution in [0.5, 0.6) is 17.2 Å². The number of benzene rings is 2. The summed E-state index contributed by atoms with van der Waals surface area (Å²) in [6.45, 7) is 0. The number of imide groups is 1. The highest BCUT2D eigenvalue weighted by atomic mass is 32.2. The molecule has 0 spiro atoms. The molecule has 3 atom stereocenters. The molecule has 234 valence electrons. The largest absolute Gasteiger partial charge is 0.508 e. The number of hydrogen-bond acceptors (Lipinski definition) is 12. The highest BCUT2D eigenvalue weighted by Gasteiger charge is 2.54. The second-order valence-corrected chi connectivity index (χ2v) is 11.9. The van der Waals surface area contributed by atoms with E-state index in [-0.39, 0.29) is 34.1 Å². The number of aliphatic carboxylic acids is 1. The predicted molar refractivity (Wildman–Crippen MR) is 158 cm³/mol. The van der Waals surface area contributed by atoms with Crippen LogP contribution in [-0.4, -0.2) is 105 Å². The number of phenols is 3. The van der Waals surface area contributed by atoms with Gasteiger partial charge in [-0.2, -0.15) is 10.3 Å². The molecule has 45 heavy (non-hydrogen) atoms. The van der Waals surface area contributed by atoms with E-state index < -0.39 is 58.7 Å². The molecule has 2 unspecified atom stereocenters. The highest BCUT2D eigenvalue weighted by Crippen LogP contribution is 2.41. The minimum atomic E-state index is -1.44. The van der Waals surface area contributed by atoms with Gasteiger partial charge >= 0.3 is 12.0 Å². The van der Waals surface area contributed by atoms with Crippen molar-refractivity contribution in [3.05, 3.63) is 71.1 Å². The topological polar surface area (TPSA) is 238 Å². The number of nitrogens with zero attached hydrogens (tertiary/aromatic N) is 4. The molecule has 1 saturated heterocycles. The number of aromatic amines is 1. The van der Waals surface area contributed by atoms with E-state index in [9.17, 15) is 44.4 Å². The standard InChI is InChI=1S/C27H25N7O9S2/c1-33(23(39)13-4-7-16(36)17(37)8-13)27(43)30-19(12-2-5-15(35)6-3-12)22(38)29-20-24(40)34-21(26(41)42)14(11-45-25(20)34)10-44-18-9-28-32-31-18/h2-9,19-20,25,35-37H,10-11H2,1H3,(H,29,38)(H,30,43)(H,41,42)(H,28,31,32)/t19?,20?,25-/m0/s1. The number of carbonyl (C=O) groups is 5. The lowest BCUT2D eigenvalue weighted by atomic mass is 10.0. The Kier molecular flexibility index (Phi) is 8.87. The average Bonchev–Trinajstić information content (AvgIpc) is 3.55. The molecular weight excluding hydrogens is 630 g/mol. The number of amides is 5. The average molecular weight is 656 g/mol. The molecule has 5 rings (SSSR count). The van der Waals surface area contributed by atoms with Crippen LogP contribution in [0.4, 0.5) is 4.79 Å². The van der Waals surface area contributed by atoms with Crippen LogP contribution < -0.4 is 10.6 Å². The van der Waals surface area contributed by atoms with Gasteiger partial charge in [-0.25, -0.2) is 9.59 Å². The fourth-order valence-electron chi connectivity index (χ4n) is 4.58. The van der Waals surface area contributed by atoms with Gasteiger partial charge in [-0.15, -0.1) is 16.9 Å². The van der Waals surface area contributed by atoms with E-state index in [0.717, 1.165) is 24.1 Å². The summed E-state index contributed by atoms with van der Waals surface area (Å²) in [6.07, 6.45) is 1.49. The van der Waals surface area contributed by atoms with E-state index in [1.165, 1.54) is 60.1 Å². The number of urea groups is 1. The van der Waals surface area contributed by atoms with Gasteiger partial charge in [0.1, 0.15) is 33.9 Å². The summed E-state index contributed by atoms with van der Waals surface area (Å²) in [5, 5.41) is 53.9. The maximum Gasteiger partial charge on any atom is 0.352 e. The Labute approximate surface area is 262 Å². The molecule has 2 aromatic carbocycles. The molecule has 0 bridgehead atoms. The monoisotopic (exact) mass is 655 g/mol. The fourth-order valence-corrected chi connectivity index (χ4v) is 6.85. The number of H-pyrrole nitrogens is 1. The first kappa shape index (κ1) is 31.2. The van der Waals surface area contributed by atoms with Gasteiger partial charge in [0.25, 0.3) is 11.8 Å². The number of carbonyl (C=O) groups excluding carboxylic acids is 4. The number of β-lactam (4-membered cyclic amide) rings is 1. The van der Waals surface area contributed by atoms with Crippen molar-refractivity contribution in [2.75, 3.05) is 18.6 Å². The van der Waals surface area contributed by atoms with E-state index in [1.807, 2.05) is 0 Å². The molecule has 0 saturated carbocycles. The maximum atomic E-state index is 13.6. The first-order chi connectivity index (χ1) is 21.5. The zero-order valence-corrected chi connectivity index (χ0v) is 24.8. The summed E-state index contributed by atoms with van der Waals surface area (Å²) in [7, 11) is 1.14. The number of aromatic hydroxyl groups is 3. The van der Waals surface area contributed by atoms with Crippen molar-refractivity contribution in [3.63, 3.8) is 0 Å². The van der Waals surface area contributed by atoms with Gasteiger partial charge < -0.3 is 31.1 Å². The molecule has 0 aliphatic carbocycles. The lowest BCUT2D eigenvalue weighted by molar-refractivity contribution is -0.151. The number of rotatable bonds is 9. The van der Waals surface area contributed by atoms with Crippen LogP contribution in [0.2, 0.25) is 0 Å². The van der Waals surface area contributed by atoms with Gasteiger partial charge in [-0.05, 0) is 41.5 Å². The molecule has 18 heteroatoms. The quantitative estimate of drug-likeness (QED) is 0.0968. The lowest BCUT2D eigenvalue weighted by Gasteiger charge is -2.49. The van der Waals surface area contributed by atoms with Crippen molar-refractivity contribution in [3.8, 4) is 17.2 Å². The number of phenolic OH excluding ortho intramolecular Hbond substituents is 3. The number of thioether (sulfide) groups is 2. The Balaban J connectivity index is 1.32. The SMILES string of the molecule is CN(C(=O)NC(C(=O)NC1C(=O)N2C(C(=O)O)=C(CSc3cn[nH]n3)CS[C@@H]12)c1ccc(O)cc1)C(=O)c1ccc(O)c(O)c1. The van der Waals surface area contributed by atoms with E-state index >= 15 is 0 Å². The molecule has 16 nitrogen and oxygen atoms in total. The molecular formula is C27H25N7O9S2. The Morgan fingerprint density at radius 1 is 1.13 bits per heavy atom. The van der Waals surface area contributed by atoms with Crippen LogP contribution in [-0.2, 0) is 14.4 Å². The van der Waals surface area contributed by atoms with Gasteiger partial charge in [-0.1, -0.05) is 23.9 Å². The summed E-state index contributed by atoms with van der Waals surface area (Å²) in [5.74, 6) is -4.27. The minimum absolute atomic E-state index is 0.113.